The van der Waals surface area contributed by atoms with Crippen molar-refractivity contribution in [3.63, 3.8) is 0 Å². The Morgan fingerprint density at radius 1 is 1.15 bits per heavy atom. The largest absolute Gasteiger partial charge is 0.476 e. The third-order valence-corrected chi connectivity index (χ3v) is 4.44. The summed E-state index contributed by atoms with van der Waals surface area (Å²) in [5, 5.41) is 17.9. The summed E-state index contributed by atoms with van der Waals surface area (Å²) in [4.78, 5) is 19.3. The highest BCUT2D eigenvalue weighted by molar-refractivity contribution is 6.30. The van der Waals surface area contributed by atoms with E-state index in [9.17, 15) is 4.79 Å². The highest BCUT2D eigenvalue weighted by Gasteiger charge is 2.23. The van der Waals surface area contributed by atoms with Crippen LogP contribution in [0.3, 0.4) is 0 Å². The van der Waals surface area contributed by atoms with Gasteiger partial charge < -0.3 is 14.9 Å². The van der Waals surface area contributed by atoms with Crippen LogP contribution >= 0.6 is 11.6 Å². The van der Waals surface area contributed by atoms with E-state index in [0.717, 1.165) is 18.4 Å². The predicted octanol–water partition coefficient (Wildman–Crippen LogP) is 3.67. The smallest absolute Gasteiger partial charge is 0.356 e. The Kier molecular flexibility index (Phi) is 6.06. The van der Waals surface area contributed by atoms with Gasteiger partial charge in [0.25, 0.3) is 0 Å². The normalized spacial score (nSPS) is 15.8. The van der Waals surface area contributed by atoms with Gasteiger partial charge in [0.1, 0.15) is 5.69 Å². The third-order valence-electron chi connectivity index (χ3n) is 4.18. The molecule has 0 bridgehead atoms. The van der Waals surface area contributed by atoms with Gasteiger partial charge in [-0.15, -0.1) is 0 Å². The predicted molar refractivity (Wildman–Crippen MR) is 97.5 cm³/mol. The van der Waals surface area contributed by atoms with Crippen molar-refractivity contribution < 1.29 is 19.7 Å². The Morgan fingerprint density at radius 3 is 2.31 bits per heavy atom. The van der Waals surface area contributed by atoms with Gasteiger partial charge in [-0.25, -0.2) is 14.8 Å². The first-order valence-corrected chi connectivity index (χ1v) is 9.04. The molecule has 2 fully saturated rings. The molecule has 4 rings (SSSR count). The van der Waals surface area contributed by atoms with Crippen molar-refractivity contribution >= 4 is 17.6 Å². The van der Waals surface area contributed by atoms with E-state index in [4.69, 9.17) is 26.6 Å². The number of benzene rings is 1. The molecule has 1 heterocycles. The fourth-order valence-corrected chi connectivity index (χ4v) is 2.29. The zero-order valence-electron chi connectivity index (χ0n) is 14.3. The minimum atomic E-state index is -1.12. The molecule has 0 unspecified atom stereocenters. The van der Waals surface area contributed by atoms with Gasteiger partial charge in [0.05, 0.1) is 12.8 Å². The minimum absolute atomic E-state index is 0.112. The highest BCUT2D eigenvalue weighted by Crippen LogP contribution is 2.32. The van der Waals surface area contributed by atoms with Crippen LogP contribution in [0.1, 0.15) is 36.2 Å². The van der Waals surface area contributed by atoms with Crippen molar-refractivity contribution in [3.8, 4) is 17.1 Å². The van der Waals surface area contributed by atoms with E-state index in [1.807, 2.05) is 0 Å². The number of halogens is 1. The Hall–Kier alpha value is -2.18. The van der Waals surface area contributed by atoms with Gasteiger partial charge in [-0.2, -0.15) is 0 Å². The van der Waals surface area contributed by atoms with Crippen LogP contribution in [0.4, 0.5) is 0 Å². The van der Waals surface area contributed by atoms with Gasteiger partial charge in [-0.05, 0) is 49.7 Å². The first kappa shape index (κ1) is 18.6. The number of aromatic nitrogens is 2. The Bertz CT molecular complexity index is 759. The first-order chi connectivity index (χ1) is 12.6. The van der Waals surface area contributed by atoms with E-state index >= 15 is 0 Å². The second-order valence-corrected chi connectivity index (χ2v) is 7.04. The van der Waals surface area contributed by atoms with Gasteiger partial charge in [-0.3, -0.25) is 0 Å². The molecular weight excluding hydrogens is 356 g/mol. The van der Waals surface area contributed by atoms with Gasteiger partial charge in [0, 0.05) is 17.2 Å². The zero-order chi connectivity index (χ0) is 18.5. The molecule has 138 valence electrons. The molecule has 7 heteroatoms. The summed E-state index contributed by atoms with van der Waals surface area (Å²) in [6, 6.07) is 6.97. The maximum Gasteiger partial charge on any atom is 0.356 e. The van der Waals surface area contributed by atoms with Crippen molar-refractivity contribution in [2.24, 2.45) is 11.8 Å². The van der Waals surface area contributed by atoms with Crippen LogP contribution in [-0.2, 0) is 0 Å². The average Bonchev–Trinajstić information content (AvgIpc) is 3.55. The van der Waals surface area contributed by atoms with Gasteiger partial charge >= 0.3 is 5.97 Å². The summed E-state index contributed by atoms with van der Waals surface area (Å²) in [5.74, 6) is 0.500. The maximum absolute atomic E-state index is 11.1. The van der Waals surface area contributed by atoms with Gasteiger partial charge in [-0.1, -0.05) is 23.7 Å². The van der Waals surface area contributed by atoms with E-state index in [0.29, 0.717) is 41.6 Å². The van der Waals surface area contributed by atoms with Crippen LogP contribution in [0.15, 0.2) is 30.5 Å². The van der Waals surface area contributed by atoms with Gasteiger partial charge in [0.2, 0.25) is 5.88 Å². The fraction of sp³-hybridized carbons (Fsp3) is 0.421. The SMILES string of the molecule is O=C(O)c1cnc(OCC2CC2)c(-c2ccc(Cl)cc2)n1.OCC1CC1. The third kappa shape index (κ3) is 5.41. The lowest BCUT2D eigenvalue weighted by molar-refractivity contribution is 0.0690. The summed E-state index contributed by atoms with van der Waals surface area (Å²) in [7, 11) is 0. The molecule has 2 aliphatic rings. The molecule has 2 saturated carbocycles. The molecule has 1 aromatic carbocycles. The zero-order valence-corrected chi connectivity index (χ0v) is 15.0. The molecule has 26 heavy (non-hydrogen) atoms. The number of aliphatic hydroxyl groups excluding tert-OH is 1. The summed E-state index contributed by atoms with van der Waals surface area (Å²) < 4.78 is 5.68. The lowest BCUT2D eigenvalue weighted by atomic mass is 10.1. The average molecular weight is 377 g/mol. The van der Waals surface area contributed by atoms with Crippen LogP contribution < -0.4 is 4.74 Å². The Balaban J connectivity index is 0.000000339. The van der Waals surface area contributed by atoms with E-state index in [-0.39, 0.29) is 5.69 Å². The molecule has 0 spiro atoms. The lowest BCUT2D eigenvalue weighted by Crippen LogP contribution is -2.07. The van der Waals surface area contributed by atoms with Crippen LogP contribution in [-0.4, -0.2) is 39.4 Å². The second kappa shape index (κ2) is 8.47. The van der Waals surface area contributed by atoms with Crippen molar-refractivity contribution in [1.82, 2.24) is 9.97 Å². The summed E-state index contributed by atoms with van der Waals surface area (Å²) in [6.07, 6.45) is 6.06. The summed E-state index contributed by atoms with van der Waals surface area (Å²) in [5.41, 5.74) is 1.03. The highest BCUT2D eigenvalue weighted by atomic mass is 35.5. The number of rotatable bonds is 6. The van der Waals surface area contributed by atoms with E-state index in [1.165, 1.54) is 19.0 Å². The number of carboxylic acid groups (broad SMARTS) is 1. The summed E-state index contributed by atoms with van der Waals surface area (Å²) >= 11 is 5.87. The minimum Gasteiger partial charge on any atom is -0.476 e. The van der Waals surface area contributed by atoms with Crippen molar-refractivity contribution in [3.05, 3.63) is 41.2 Å². The number of hydrogen-bond acceptors (Lipinski definition) is 5. The summed E-state index contributed by atoms with van der Waals surface area (Å²) in [6.45, 7) is 1.00. The Labute approximate surface area is 156 Å². The molecule has 6 nitrogen and oxygen atoms in total. The molecule has 2 aromatic rings. The Morgan fingerprint density at radius 2 is 1.81 bits per heavy atom. The quantitative estimate of drug-likeness (QED) is 0.799. The second-order valence-electron chi connectivity index (χ2n) is 6.60. The molecule has 0 saturated heterocycles. The van der Waals surface area contributed by atoms with Gasteiger partial charge in [0.15, 0.2) is 5.69 Å². The van der Waals surface area contributed by atoms with Crippen molar-refractivity contribution in [2.45, 2.75) is 25.7 Å². The fourth-order valence-electron chi connectivity index (χ4n) is 2.16. The van der Waals surface area contributed by atoms with Crippen molar-refractivity contribution in [1.29, 1.82) is 0 Å². The number of aromatic carboxylic acids is 1. The van der Waals surface area contributed by atoms with Crippen LogP contribution in [0.5, 0.6) is 5.88 Å². The van der Waals surface area contributed by atoms with E-state index < -0.39 is 5.97 Å². The lowest BCUT2D eigenvalue weighted by Gasteiger charge is -2.10. The number of nitrogens with zero attached hydrogens (tertiary/aromatic N) is 2. The molecule has 0 amide bonds. The monoisotopic (exact) mass is 376 g/mol. The van der Waals surface area contributed by atoms with Crippen molar-refractivity contribution in [2.75, 3.05) is 13.2 Å². The molecule has 2 N–H and O–H groups in total. The van der Waals surface area contributed by atoms with Crippen LogP contribution in [0, 0.1) is 11.8 Å². The number of carbonyl (C=O) groups is 1. The maximum atomic E-state index is 11.1. The number of ether oxygens (including phenoxy) is 1. The number of carboxylic acids is 1. The van der Waals surface area contributed by atoms with E-state index in [1.54, 1.807) is 24.3 Å². The molecule has 2 aliphatic carbocycles. The standard InChI is InChI=1S/C15H13ClN2O3.C4H8O/c16-11-5-3-10(4-6-11)13-14(21-8-9-1-2-9)17-7-12(18-13)15(19)20;5-3-4-1-2-4/h3-7,9H,1-2,8H2,(H,19,20);4-5H,1-3H2. The number of hydrogen-bond donors (Lipinski definition) is 2. The molecule has 1 aromatic heterocycles. The van der Waals surface area contributed by atoms with Crippen LogP contribution in [0.2, 0.25) is 5.02 Å². The topological polar surface area (TPSA) is 92.5 Å². The van der Waals surface area contributed by atoms with E-state index in [2.05, 4.69) is 9.97 Å². The number of aliphatic hydroxyl groups is 1. The first-order valence-electron chi connectivity index (χ1n) is 8.66. The molecule has 0 aliphatic heterocycles. The molecular formula is C19H21ClN2O4. The van der Waals surface area contributed by atoms with Crippen LogP contribution in [0.25, 0.3) is 11.3 Å². The molecule has 0 radical (unpaired) electrons. The molecule has 0 atom stereocenters.